The molecule has 1 aromatic rings. The maximum absolute atomic E-state index is 10.3. The highest BCUT2D eigenvalue weighted by atomic mass is 16.5. The number of aromatic hydroxyl groups is 1. The average molecular weight is 194 g/mol. The van der Waals surface area contributed by atoms with Crippen LogP contribution in [-0.4, -0.2) is 18.5 Å². The van der Waals surface area contributed by atoms with E-state index in [4.69, 9.17) is 4.74 Å². The Morgan fingerprint density at radius 1 is 1.57 bits per heavy atom. The van der Waals surface area contributed by atoms with Crippen LogP contribution in [0, 0.1) is 0 Å². The first-order valence-corrected chi connectivity index (χ1v) is 4.49. The van der Waals surface area contributed by atoms with Gasteiger partial charge in [-0.25, -0.2) is 0 Å². The number of aldehydes is 1. The molecule has 0 spiro atoms. The molecule has 76 valence electrons. The molecule has 1 aromatic carbocycles. The van der Waals surface area contributed by atoms with Gasteiger partial charge in [0.2, 0.25) is 0 Å². The van der Waals surface area contributed by atoms with Crippen LogP contribution >= 0.6 is 0 Å². The van der Waals surface area contributed by atoms with Gasteiger partial charge in [-0.15, -0.1) is 0 Å². The molecule has 0 radical (unpaired) electrons. The molecule has 0 heterocycles. The summed E-state index contributed by atoms with van der Waals surface area (Å²) in [5.74, 6) is 0.915. The summed E-state index contributed by atoms with van der Waals surface area (Å²) < 4.78 is 5.04. The number of benzene rings is 1. The number of phenols is 1. The van der Waals surface area contributed by atoms with Crippen LogP contribution < -0.4 is 4.74 Å². The minimum absolute atomic E-state index is 0.0163. The van der Waals surface area contributed by atoms with Crippen LogP contribution in [0.15, 0.2) is 18.2 Å². The highest BCUT2D eigenvalue weighted by Crippen LogP contribution is 2.30. The molecule has 1 unspecified atom stereocenters. The summed E-state index contributed by atoms with van der Waals surface area (Å²) in [5.41, 5.74) is 0.747. The maximum Gasteiger partial charge on any atom is 0.120 e. The zero-order valence-corrected chi connectivity index (χ0v) is 8.36. The lowest BCUT2D eigenvalue weighted by molar-refractivity contribution is -0.108. The van der Waals surface area contributed by atoms with Gasteiger partial charge < -0.3 is 14.6 Å². The summed E-state index contributed by atoms with van der Waals surface area (Å²) >= 11 is 0. The summed E-state index contributed by atoms with van der Waals surface area (Å²) in [6.45, 7) is 1.89. The van der Waals surface area contributed by atoms with E-state index >= 15 is 0 Å². The number of hydrogen-bond acceptors (Lipinski definition) is 3. The Bertz CT molecular complexity index is 320. The predicted octanol–water partition coefficient (Wildman–Crippen LogP) is 2.09. The molecule has 0 aliphatic rings. The molecule has 0 aliphatic carbocycles. The lowest BCUT2D eigenvalue weighted by atomic mass is 9.97. The van der Waals surface area contributed by atoms with Crippen LogP contribution in [0.2, 0.25) is 0 Å². The molecule has 3 nitrogen and oxygen atoms in total. The lowest BCUT2D eigenvalue weighted by Crippen LogP contribution is -1.95. The first kappa shape index (κ1) is 10.6. The second kappa shape index (κ2) is 4.65. The zero-order chi connectivity index (χ0) is 10.6. The van der Waals surface area contributed by atoms with Crippen molar-refractivity contribution in [2.45, 2.75) is 19.3 Å². The highest BCUT2D eigenvalue weighted by Gasteiger charge is 2.10. The van der Waals surface area contributed by atoms with Crippen molar-refractivity contribution < 1.29 is 14.6 Å². The van der Waals surface area contributed by atoms with E-state index in [0.717, 1.165) is 11.8 Å². The number of carbonyl (C=O) groups excluding carboxylic acids is 1. The third-order valence-electron chi connectivity index (χ3n) is 2.22. The molecule has 0 aromatic heterocycles. The lowest BCUT2D eigenvalue weighted by Gasteiger charge is -2.11. The van der Waals surface area contributed by atoms with E-state index in [9.17, 15) is 9.90 Å². The topological polar surface area (TPSA) is 46.5 Å². The first-order chi connectivity index (χ1) is 6.69. The molecule has 1 N–H and O–H groups in total. The summed E-state index contributed by atoms with van der Waals surface area (Å²) in [6, 6.07) is 5.02. The first-order valence-electron chi connectivity index (χ1n) is 4.49. The van der Waals surface area contributed by atoms with Gasteiger partial charge >= 0.3 is 0 Å². The van der Waals surface area contributed by atoms with Gasteiger partial charge in [0.15, 0.2) is 0 Å². The normalized spacial score (nSPS) is 12.1. The molecule has 1 atom stereocenters. The molecule has 14 heavy (non-hydrogen) atoms. The van der Waals surface area contributed by atoms with Gasteiger partial charge in [-0.05, 0) is 24.1 Å². The number of rotatable bonds is 4. The number of methoxy groups -OCH3 is 1. The Labute approximate surface area is 83.3 Å². The van der Waals surface area contributed by atoms with Crippen LogP contribution in [-0.2, 0) is 4.79 Å². The summed E-state index contributed by atoms with van der Waals surface area (Å²) in [7, 11) is 1.57. The standard InChI is InChI=1S/C11H14O3/c1-8(5-6-12)10-7-9(14-2)3-4-11(10)13/h3-4,6-8,13H,5H2,1-2H3. The smallest absolute Gasteiger partial charge is 0.120 e. The Morgan fingerprint density at radius 3 is 2.86 bits per heavy atom. The fraction of sp³-hybridized carbons (Fsp3) is 0.364. The highest BCUT2D eigenvalue weighted by molar-refractivity contribution is 5.53. The van der Waals surface area contributed by atoms with E-state index in [-0.39, 0.29) is 11.7 Å². The molecule has 0 fully saturated rings. The van der Waals surface area contributed by atoms with Gasteiger partial charge in [-0.1, -0.05) is 6.92 Å². The van der Waals surface area contributed by atoms with E-state index in [1.807, 2.05) is 6.92 Å². The summed E-state index contributed by atoms with van der Waals surface area (Å²) in [4.78, 5) is 10.3. The second-order valence-electron chi connectivity index (χ2n) is 3.23. The van der Waals surface area contributed by atoms with Gasteiger partial charge in [-0.2, -0.15) is 0 Å². The Kier molecular flexibility index (Phi) is 3.51. The van der Waals surface area contributed by atoms with Crippen molar-refractivity contribution in [3.63, 3.8) is 0 Å². The molecule has 0 bridgehead atoms. The molecule has 0 amide bonds. The van der Waals surface area contributed by atoms with Gasteiger partial charge in [0.25, 0.3) is 0 Å². The van der Waals surface area contributed by atoms with Gasteiger partial charge in [0.05, 0.1) is 7.11 Å². The van der Waals surface area contributed by atoms with Crippen LogP contribution in [0.3, 0.4) is 0 Å². The number of phenolic OH excluding ortho intramolecular Hbond substituents is 1. The molecule has 0 aliphatic heterocycles. The minimum atomic E-state index is 0.0163. The van der Waals surface area contributed by atoms with E-state index < -0.39 is 0 Å². The Balaban J connectivity index is 2.98. The molecule has 3 heteroatoms. The van der Waals surface area contributed by atoms with Crippen molar-refractivity contribution in [2.24, 2.45) is 0 Å². The van der Waals surface area contributed by atoms with Crippen LogP contribution in [0.4, 0.5) is 0 Å². The van der Waals surface area contributed by atoms with Crippen molar-refractivity contribution in [2.75, 3.05) is 7.11 Å². The van der Waals surface area contributed by atoms with Crippen molar-refractivity contribution in [3.8, 4) is 11.5 Å². The third-order valence-corrected chi connectivity index (χ3v) is 2.22. The number of ether oxygens (including phenoxy) is 1. The van der Waals surface area contributed by atoms with Crippen LogP contribution in [0.1, 0.15) is 24.8 Å². The van der Waals surface area contributed by atoms with E-state index in [2.05, 4.69) is 0 Å². The molecular weight excluding hydrogens is 180 g/mol. The summed E-state index contributed by atoms with van der Waals surface area (Å²) in [5, 5.41) is 9.56. The van der Waals surface area contributed by atoms with Crippen LogP contribution in [0.5, 0.6) is 11.5 Å². The Hall–Kier alpha value is -1.51. The molecule has 0 saturated heterocycles. The SMILES string of the molecule is COc1ccc(O)c(C(C)CC=O)c1. The predicted molar refractivity (Wildman–Crippen MR) is 53.8 cm³/mol. The fourth-order valence-corrected chi connectivity index (χ4v) is 1.33. The molecule has 0 saturated carbocycles. The van der Waals surface area contributed by atoms with E-state index in [0.29, 0.717) is 12.2 Å². The third kappa shape index (κ3) is 2.25. The van der Waals surface area contributed by atoms with Crippen molar-refractivity contribution in [1.82, 2.24) is 0 Å². The Morgan fingerprint density at radius 2 is 2.29 bits per heavy atom. The van der Waals surface area contributed by atoms with Gasteiger partial charge in [0.1, 0.15) is 17.8 Å². The van der Waals surface area contributed by atoms with Crippen molar-refractivity contribution in [3.05, 3.63) is 23.8 Å². The largest absolute Gasteiger partial charge is 0.508 e. The molecular formula is C11H14O3. The van der Waals surface area contributed by atoms with Gasteiger partial charge in [0, 0.05) is 12.0 Å². The number of carbonyl (C=O) groups is 1. The average Bonchev–Trinajstić information content (AvgIpc) is 2.19. The summed E-state index contributed by atoms with van der Waals surface area (Å²) in [6.07, 6.45) is 1.25. The van der Waals surface area contributed by atoms with E-state index in [1.165, 1.54) is 0 Å². The minimum Gasteiger partial charge on any atom is -0.508 e. The van der Waals surface area contributed by atoms with Crippen molar-refractivity contribution >= 4 is 6.29 Å². The monoisotopic (exact) mass is 194 g/mol. The van der Waals surface area contributed by atoms with Gasteiger partial charge in [-0.3, -0.25) is 0 Å². The van der Waals surface area contributed by atoms with E-state index in [1.54, 1.807) is 25.3 Å². The number of hydrogen-bond donors (Lipinski definition) is 1. The quantitative estimate of drug-likeness (QED) is 0.746. The van der Waals surface area contributed by atoms with Crippen molar-refractivity contribution in [1.29, 1.82) is 0 Å². The molecule has 1 rings (SSSR count). The zero-order valence-electron chi connectivity index (χ0n) is 8.36. The second-order valence-corrected chi connectivity index (χ2v) is 3.23. The maximum atomic E-state index is 10.3. The fourth-order valence-electron chi connectivity index (χ4n) is 1.33. The van der Waals surface area contributed by atoms with Crippen LogP contribution in [0.25, 0.3) is 0 Å².